The zero-order valence-corrected chi connectivity index (χ0v) is 23.5. The van der Waals surface area contributed by atoms with Crippen LogP contribution in [0.4, 0.5) is 0 Å². The monoisotopic (exact) mass is 539 g/mol. The number of methoxy groups -OCH3 is 2. The fourth-order valence-electron chi connectivity index (χ4n) is 5.24. The molecule has 1 saturated heterocycles. The van der Waals surface area contributed by atoms with Crippen LogP contribution in [0.5, 0.6) is 17.2 Å². The number of rotatable bonds is 6. The molecule has 2 aliphatic rings. The van der Waals surface area contributed by atoms with Crippen molar-refractivity contribution in [1.29, 1.82) is 0 Å². The zero-order valence-electron chi connectivity index (χ0n) is 22.8. The van der Waals surface area contributed by atoms with Crippen molar-refractivity contribution in [3.05, 3.63) is 52.3 Å². The lowest BCUT2D eigenvalue weighted by Crippen LogP contribution is -2.55. The highest BCUT2D eigenvalue weighted by Crippen LogP contribution is 2.41. The van der Waals surface area contributed by atoms with Gasteiger partial charge in [0, 0.05) is 18.2 Å². The van der Waals surface area contributed by atoms with Crippen molar-refractivity contribution in [3.63, 3.8) is 0 Å². The molecular formula is C29H34ClN3O5. The van der Waals surface area contributed by atoms with E-state index in [1.165, 1.54) is 0 Å². The lowest BCUT2D eigenvalue weighted by molar-refractivity contribution is -0.0373. The van der Waals surface area contributed by atoms with Crippen LogP contribution >= 0.6 is 11.6 Å². The molecule has 1 aromatic heterocycles. The topological polar surface area (TPSA) is 75.0 Å². The summed E-state index contributed by atoms with van der Waals surface area (Å²) >= 11 is 6.53. The van der Waals surface area contributed by atoms with E-state index in [0.29, 0.717) is 60.0 Å². The Labute approximate surface area is 228 Å². The van der Waals surface area contributed by atoms with E-state index in [1.54, 1.807) is 14.2 Å². The number of ether oxygens (including phenoxy) is 4. The van der Waals surface area contributed by atoms with Crippen LogP contribution < -0.4 is 14.2 Å². The van der Waals surface area contributed by atoms with Crippen molar-refractivity contribution >= 4 is 17.5 Å². The van der Waals surface area contributed by atoms with E-state index >= 15 is 0 Å². The molecule has 1 amide bonds. The van der Waals surface area contributed by atoms with E-state index in [2.05, 4.69) is 4.57 Å². The summed E-state index contributed by atoms with van der Waals surface area (Å²) in [4.78, 5) is 20.9. The molecule has 3 heterocycles. The number of halogens is 1. The number of nitrogens with zero attached hydrogens (tertiary/aromatic N) is 3. The maximum Gasteiger partial charge on any atom is 0.274 e. The molecule has 0 N–H and O–H groups in total. The van der Waals surface area contributed by atoms with Gasteiger partial charge < -0.3 is 23.8 Å². The molecule has 2 aliphatic heterocycles. The Kier molecular flexibility index (Phi) is 7.05. The van der Waals surface area contributed by atoms with Crippen LogP contribution in [-0.4, -0.2) is 66.0 Å². The minimum absolute atomic E-state index is 0.0339. The number of carbonyl (C=O) groups is 1. The normalized spacial score (nSPS) is 16.2. The van der Waals surface area contributed by atoms with Gasteiger partial charge in [0.2, 0.25) is 0 Å². The Bertz CT molecular complexity index is 1380. The van der Waals surface area contributed by atoms with Gasteiger partial charge in [-0.1, -0.05) is 11.6 Å². The standard InChI is InChI=1S/C29H34ClN3O5/c1-17(2)38-25-15-22-18(14-24(25)36-6)7-9-21-26(28(34)32-11-12-37-16-29(32,3)4)31-27(33(21)22)19-8-10-23(35-5)20(30)13-19/h8,10,13-15,17H,7,9,11-12,16H2,1-6H3. The minimum atomic E-state index is -0.437. The Morgan fingerprint density at radius 1 is 1.08 bits per heavy atom. The molecule has 1 fully saturated rings. The van der Waals surface area contributed by atoms with Crippen molar-refractivity contribution in [2.24, 2.45) is 0 Å². The predicted molar refractivity (Wildman–Crippen MR) is 146 cm³/mol. The first-order valence-corrected chi connectivity index (χ1v) is 13.3. The van der Waals surface area contributed by atoms with E-state index in [9.17, 15) is 4.79 Å². The molecule has 0 spiro atoms. The van der Waals surface area contributed by atoms with E-state index in [0.717, 1.165) is 28.9 Å². The maximum atomic E-state index is 14.0. The first-order chi connectivity index (χ1) is 18.1. The fraction of sp³-hybridized carbons (Fsp3) is 0.448. The molecule has 0 saturated carbocycles. The van der Waals surface area contributed by atoms with Crippen molar-refractivity contribution in [3.8, 4) is 34.3 Å². The predicted octanol–water partition coefficient (Wildman–Crippen LogP) is 5.35. The average Bonchev–Trinajstić information content (AvgIpc) is 3.27. The third-order valence-electron chi connectivity index (χ3n) is 7.08. The number of aryl methyl sites for hydroxylation is 1. The molecule has 0 atom stereocenters. The van der Waals surface area contributed by atoms with Crippen molar-refractivity contribution in [2.75, 3.05) is 34.0 Å². The summed E-state index contributed by atoms with van der Waals surface area (Å²) in [6.07, 6.45) is 1.37. The molecule has 2 aromatic carbocycles. The number of hydrogen-bond acceptors (Lipinski definition) is 6. The van der Waals surface area contributed by atoms with E-state index < -0.39 is 5.54 Å². The summed E-state index contributed by atoms with van der Waals surface area (Å²) < 4.78 is 24.9. The summed E-state index contributed by atoms with van der Waals surface area (Å²) in [5, 5.41) is 0.471. The Hall–Kier alpha value is -3.23. The molecule has 0 unspecified atom stereocenters. The summed E-state index contributed by atoms with van der Waals surface area (Å²) in [6.45, 7) is 9.50. The van der Waals surface area contributed by atoms with Crippen LogP contribution in [0, 0.1) is 0 Å². The highest BCUT2D eigenvalue weighted by Gasteiger charge is 2.38. The SMILES string of the molecule is COc1ccc(-c2nc(C(=O)N3CCOCC3(C)C)c3n2-c2cc(OC(C)C)c(OC)cc2CC3)cc1Cl. The number of imidazole rings is 1. The molecule has 0 aliphatic carbocycles. The van der Waals surface area contributed by atoms with E-state index in [-0.39, 0.29) is 12.0 Å². The molecular weight excluding hydrogens is 506 g/mol. The van der Waals surface area contributed by atoms with Gasteiger partial charge in [0.25, 0.3) is 5.91 Å². The molecule has 5 rings (SSSR count). The van der Waals surface area contributed by atoms with Gasteiger partial charge in [-0.3, -0.25) is 9.36 Å². The van der Waals surface area contributed by atoms with E-state index in [4.69, 9.17) is 35.5 Å². The molecule has 8 nitrogen and oxygen atoms in total. The second-order valence-corrected chi connectivity index (χ2v) is 10.9. The maximum absolute atomic E-state index is 14.0. The van der Waals surface area contributed by atoms with E-state index in [1.807, 2.05) is 62.9 Å². The van der Waals surface area contributed by atoms with Crippen LogP contribution in [-0.2, 0) is 17.6 Å². The van der Waals surface area contributed by atoms with Crippen molar-refractivity contribution in [1.82, 2.24) is 14.5 Å². The highest BCUT2D eigenvalue weighted by molar-refractivity contribution is 6.32. The molecule has 38 heavy (non-hydrogen) atoms. The quantitative estimate of drug-likeness (QED) is 0.420. The Morgan fingerprint density at radius 2 is 1.84 bits per heavy atom. The van der Waals surface area contributed by atoms with Gasteiger partial charge in [-0.15, -0.1) is 0 Å². The largest absolute Gasteiger partial charge is 0.495 e. The second-order valence-electron chi connectivity index (χ2n) is 10.5. The molecule has 0 radical (unpaired) electrons. The lowest BCUT2D eigenvalue weighted by Gasteiger charge is -2.41. The smallest absolute Gasteiger partial charge is 0.274 e. The van der Waals surface area contributed by atoms with Crippen LogP contribution in [0.25, 0.3) is 17.1 Å². The highest BCUT2D eigenvalue weighted by atomic mass is 35.5. The van der Waals surface area contributed by atoms with Crippen molar-refractivity contribution in [2.45, 2.75) is 52.2 Å². The lowest BCUT2D eigenvalue weighted by atomic mass is 9.98. The molecule has 0 bridgehead atoms. The molecule has 9 heteroatoms. The third-order valence-corrected chi connectivity index (χ3v) is 7.37. The minimum Gasteiger partial charge on any atom is -0.495 e. The third kappa shape index (κ3) is 4.60. The van der Waals surface area contributed by atoms with Crippen molar-refractivity contribution < 1.29 is 23.7 Å². The number of morpholine rings is 1. The molecule has 202 valence electrons. The zero-order chi connectivity index (χ0) is 27.2. The summed E-state index contributed by atoms with van der Waals surface area (Å²) in [5.41, 5.74) is 3.68. The summed E-state index contributed by atoms with van der Waals surface area (Å²) in [6, 6.07) is 9.56. The summed E-state index contributed by atoms with van der Waals surface area (Å²) in [5.74, 6) is 2.44. The number of carbonyl (C=O) groups excluding carboxylic acids is 1. The van der Waals surface area contributed by atoms with Gasteiger partial charge in [0.1, 0.15) is 11.6 Å². The molecule has 3 aromatic rings. The van der Waals surface area contributed by atoms with Gasteiger partial charge in [-0.2, -0.15) is 0 Å². The van der Waals surface area contributed by atoms with Gasteiger partial charge in [-0.25, -0.2) is 4.98 Å². The first-order valence-electron chi connectivity index (χ1n) is 12.9. The van der Waals surface area contributed by atoms with Crippen LogP contribution in [0.2, 0.25) is 5.02 Å². The fourth-order valence-corrected chi connectivity index (χ4v) is 5.49. The summed E-state index contributed by atoms with van der Waals surface area (Å²) in [7, 11) is 3.23. The Balaban J connectivity index is 1.72. The first kappa shape index (κ1) is 26.4. The Morgan fingerprint density at radius 3 is 2.50 bits per heavy atom. The number of amides is 1. The van der Waals surface area contributed by atoms with Gasteiger partial charge in [0.05, 0.1) is 55.5 Å². The number of fused-ring (bicyclic) bond motifs is 3. The van der Waals surface area contributed by atoms with Gasteiger partial charge in [-0.05, 0) is 70.4 Å². The second kappa shape index (κ2) is 10.2. The van der Waals surface area contributed by atoms with Gasteiger partial charge >= 0.3 is 0 Å². The van der Waals surface area contributed by atoms with Crippen LogP contribution in [0.1, 0.15) is 49.4 Å². The number of hydrogen-bond donors (Lipinski definition) is 0. The number of aromatic nitrogens is 2. The van der Waals surface area contributed by atoms with Crippen LogP contribution in [0.15, 0.2) is 30.3 Å². The van der Waals surface area contributed by atoms with Crippen LogP contribution in [0.3, 0.4) is 0 Å². The van der Waals surface area contributed by atoms with Gasteiger partial charge in [0.15, 0.2) is 17.2 Å². The number of benzene rings is 2. The average molecular weight is 540 g/mol.